The number of nitrogens with zero attached hydrogens (tertiary/aromatic N) is 3. The number of ether oxygens (including phenoxy) is 2. The number of thioether (sulfide) groups is 1. The average molecular weight is 360 g/mol. The molecule has 0 aliphatic heterocycles. The van der Waals surface area contributed by atoms with Gasteiger partial charge < -0.3 is 9.47 Å². The first-order chi connectivity index (χ1) is 12.0. The summed E-state index contributed by atoms with van der Waals surface area (Å²) in [7, 11) is 3.15. The van der Waals surface area contributed by atoms with Gasteiger partial charge in [-0.3, -0.25) is 4.79 Å². The first-order valence-electron chi connectivity index (χ1n) is 7.51. The maximum absolute atomic E-state index is 11.9. The van der Waals surface area contributed by atoms with Crippen LogP contribution in [0.15, 0.2) is 34.5 Å². The van der Waals surface area contributed by atoms with Crippen LogP contribution in [0.4, 0.5) is 0 Å². The molecule has 0 bridgehead atoms. The van der Waals surface area contributed by atoms with Gasteiger partial charge >= 0.3 is 0 Å². The first-order valence-corrected chi connectivity index (χ1v) is 8.49. The van der Waals surface area contributed by atoms with Gasteiger partial charge in [-0.25, -0.2) is 15.4 Å². The van der Waals surface area contributed by atoms with Gasteiger partial charge in [0.05, 0.1) is 26.2 Å². The number of benzene rings is 1. The molecule has 0 aliphatic rings. The molecule has 1 amide bonds. The lowest BCUT2D eigenvalue weighted by Gasteiger charge is -2.06. The number of amides is 1. The zero-order valence-corrected chi connectivity index (χ0v) is 15.4. The predicted molar refractivity (Wildman–Crippen MR) is 97.5 cm³/mol. The average Bonchev–Trinajstić information content (AvgIpc) is 2.59. The molecule has 1 N–H and O–H groups in total. The van der Waals surface area contributed by atoms with Gasteiger partial charge in [0.25, 0.3) is 5.91 Å². The zero-order valence-electron chi connectivity index (χ0n) is 14.6. The molecule has 0 aliphatic carbocycles. The highest BCUT2D eigenvalue weighted by Gasteiger charge is 2.06. The molecule has 0 unspecified atom stereocenters. The van der Waals surface area contributed by atoms with Crippen LogP contribution in [0.25, 0.3) is 0 Å². The molecule has 0 spiro atoms. The summed E-state index contributed by atoms with van der Waals surface area (Å²) < 4.78 is 10.4. The molecule has 0 saturated carbocycles. The maximum atomic E-state index is 11.9. The molecule has 0 saturated heterocycles. The number of hydrogen-bond acceptors (Lipinski definition) is 7. The maximum Gasteiger partial charge on any atom is 0.250 e. The lowest BCUT2D eigenvalue weighted by molar-refractivity contribution is -0.118. The Morgan fingerprint density at radius 3 is 2.56 bits per heavy atom. The Hall–Kier alpha value is -2.61. The van der Waals surface area contributed by atoms with E-state index >= 15 is 0 Å². The molecular formula is C17H20N4O3S. The van der Waals surface area contributed by atoms with E-state index in [1.807, 2.05) is 19.9 Å². The first kappa shape index (κ1) is 18.7. The molecule has 0 atom stereocenters. The Labute approximate surface area is 150 Å². The minimum Gasteiger partial charge on any atom is -0.497 e. The minimum atomic E-state index is -0.245. The number of aryl methyl sites for hydroxylation is 2. The van der Waals surface area contributed by atoms with Crippen molar-refractivity contribution in [1.29, 1.82) is 0 Å². The highest BCUT2D eigenvalue weighted by molar-refractivity contribution is 7.99. The van der Waals surface area contributed by atoms with Crippen molar-refractivity contribution in [3.05, 3.63) is 41.2 Å². The van der Waals surface area contributed by atoms with E-state index < -0.39 is 0 Å². The number of carbonyl (C=O) groups is 1. The van der Waals surface area contributed by atoms with Crippen molar-refractivity contribution in [2.75, 3.05) is 20.0 Å². The molecule has 132 valence electrons. The van der Waals surface area contributed by atoms with E-state index in [0.29, 0.717) is 22.2 Å². The largest absolute Gasteiger partial charge is 0.497 e. The van der Waals surface area contributed by atoms with Crippen LogP contribution >= 0.6 is 11.8 Å². The normalized spacial score (nSPS) is 10.7. The predicted octanol–water partition coefficient (Wildman–Crippen LogP) is 2.35. The Morgan fingerprint density at radius 1 is 1.20 bits per heavy atom. The standard InChI is InChI=1S/C17H20N4O3S/c1-11-7-12(2)20-17(19-11)25-10-16(22)21-18-9-13-8-14(23-3)5-6-15(13)24-4/h5-9H,10H2,1-4H3,(H,21,22). The van der Waals surface area contributed by atoms with E-state index in [1.54, 1.807) is 32.4 Å². The second kappa shape index (κ2) is 9.03. The fourth-order valence-corrected chi connectivity index (χ4v) is 2.78. The molecule has 1 aromatic heterocycles. The van der Waals surface area contributed by atoms with Gasteiger partial charge in [-0.15, -0.1) is 0 Å². The van der Waals surface area contributed by atoms with Crippen molar-refractivity contribution in [3.63, 3.8) is 0 Å². The summed E-state index contributed by atoms with van der Waals surface area (Å²) in [6, 6.07) is 7.22. The van der Waals surface area contributed by atoms with Crippen LogP contribution in [0.5, 0.6) is 11.5 Å². The van der Waals surface area contributed by atoms with E-state index in [0.717, 1.165) is 11.4 Å². The summed E-state index contributed by atoms with van der Waals surface area (Å²) in [5, 5.41) is 4.53. The molecule has 25 heavy (non-hydrogen) atoms. The number of carbonyl (C=O) groups excluding carboxylic acids is 1. The number of rotatable bonds is 7. The monoisotopic (exact) mass is 360 g/mol. The number of nitrogens with one attached hydrogen (secondary N) is 1. The van der Waals surface area contributed by atoms with Crippen molar-refractivity contribution < 1.29 is 14.3 Å². The van der Waals surface area contributed by atoms with E-state index in [1.165, 1.54) is 18.0 Å². The Bertz CT molecular complexity index is 760. The lowest BCUT2D eigenvalue weighted by atomic mass is 10.2. The third kappa shape index (κ3) is 5.75. The van der Waals surface area contributed by atoms with E-state index in [-0.39, 0.29) is 11.7 Å². The van der Waals surface area contributed by atoms with Crippen LogP contribution in [-0.2, 0) is 4.79 Å². The highest BCUT2D eigenvalue weighted by Crippen LogP contribution is 2.22. The van der Waals surface area contributed by atoms with Gasteiger partial charge in [0.1, 0.15) is 11.5 Å². The van der Waals surface area contributed by atoms with E-state index in [9.17, 15) is 4.79 Å². The second-order valence-corrected chi connectivity index (χ2v) is 6.07. The van der Waals surface area contributed by atoms with Crippen molar-refractivity contribution in [1.82, 2.24) is 15.4 Å². The summed E-state index contributed by atoms with van der Waals surface area (Å²) in [5.74, 6) is 1.24. The zero-order chi connectivity index (χ0) is 18.2. The van der Waals surface area contributed by atoms with Crippen molar-refractivity contribution in [3.8, 4) is 11.5 Å². The fraction of sp³-hybridized carbons (Fsp3) is 0.294. The van der Waals surface area contributed by atoms with Crippen LogP contribution < -0.4 is 14.9 Å². The van der Waals surface area contributed by atoms with Crippen LogP contribution in [0.1, 0.15) is 17.0 Å². The number of aromatic nitrogens is 2. The van der Waals surface area contributed by atoms with E-state index in [4.69, 9.17) is 9.47 Å². The topological polar surface area (TPSA) is 85.7 Å². The molecule has 7 nitrogen and oxygen atoms in total. The molecule has 2 rings (SSSR count). The molecule has 0 radical (unpaired) electrons. The Morgan fingerprint density at radius 2 is 1.92 bits per heavy atom. The molecule has 0 fully saturated rings. The number of hydrogen-bond donors (Lipinski definition) is 1. The second-order valence-electron chi connectivity index (χ2n) is 5.12. The van der Waals surface area contributed by atoms with Gasteiger partial charge in [-0.05, 0) is 38.1 Å². The number of methoxy groups -OCH3 is 2. The Balaban J connectivity index is 1.92. The molecule has 1 heterocycles. The summed E-state index contributed by atoms with van der Waals surface area (Å²) in [6.45, 7) is 3.79. The van der Waals surface area contributed by atoms with Gasteiger partial charge in [0, 0.05) is 17.0 Å². The smallest absolute Gasteiger partial charge is 0.250 e. The van der Waals surface area contributed by atoms with Crippen LogP contribution in [0, 0.1) is 13.8 Å². The number of hydrazone groups is 1. The third-order valence-electron chi connectivity index (χ3n) is 3.12. The summed E-state index contributed by atoms with van der Waals surface area (Å²) in [4.78, 5) is 20.5. The molecule has 2 aromatic rings. The van der Waals surface area contributed by atoms with Crippen LogP contribution in [-0.4, -0.2) is 42.1 Å². The minimum absolute atomic E-state index is 0.176. The van der Waals surface area contributed by atoms with Crippen molar-refractivity contribution in [2.24, 2.45) is 5.10 Å². The summed E-state index contributed by atoms with van der Waals surface area (Å²) >= 11 is 1.26. The van der Waals surface area contributed by atoms with Crippen LogP contribution in [0.2, 0.25) is 0 Å². The highest BCUT2D eigenvalue weighted by atomic mass is 32.2. The summed E-state index contributed by atoms with van der Waals surface area (Å²) in [6.07, 6.45) is 1.51. The molecular weight excluding hydrogens is 340 g/mol. The van der Waals surface area contributed by atoms with Gasteiger partial charge in [0.15, 0.2) is 5.16 Å². The van der Waals surface area contributed by atoms with Gasteiger partial charge in [0.2, 0.25) is 0 Å². The fourth-order valence-electron chi connectivity index (χ4n) is 2.03. The van der Waals surface area contributed by atoms with Gasteiger partial charge in [-0.1, -0.05) is 11.8 Å². The van der Waals surface area contributed by atoms with Crippen molar-refractivity contribution >= 4 is 23.9 Å². The van der Waals surface area contributed by atoms with Gasteiger partial charge in [-0.2, -0.15) is 5.10 Å². The lowest BCUT2D eigenvalue weighted by Crippen LogP contribution is -2.20. The Kier molecular flexibility index (Phi) is 6.76. The summed E-state index contributed by atoms with van der Waals surface area (Å²) in [5.41, 5.74) is 4.93. The SMILES string of the molecule is COc1ccc(OC)c(C=NNC(=O)CSc2nc(C)cc(C)n2)c1. The molecule has 8 heteroatoms. The quantitative estimate of drug-likeness (QED) is 0.353. The van der Waals surface area contributed by atoms with Crippen LogP contribution in [0.3, 0.4) is 0 Å². The van der Waals surface area contributed by atoms with Crippen molar-refractivity contribution in [2.45, 2.75) is 19.0 Å². The van der Waals surface area contributed by atoms with E-state index in [2.05, 4.69) is 20.5 Å². The third-order valence-corrected chi connectivity index (χ3v) is 3.97. The molecule has 1 aromatic carbocycles.